The van der Waals surface area contributed by atoms with Gasteiger partial charge in [0.05, 0.1) is 6.04 Å². The minimum Gasteiger partial charge on any atom is -0.368 e. The number of hydrogen-bond acceptors (Lipinski definition) is 16. The van der Waals surface area contributed by atoms with E-state index in [-0.39, 0.29) is 112 Å². The zero-order valence-electron chi connectivity index (χ0n) is 59.1. The van der Waals surface area contributed by atoms with Crippen molar-refractivity contribution >= 4 is 65.0 Å². The number of carbonyl (C=O) groups is 11. The van der Waals surface area contributed by atoms with Crippen LogP contribution in [0.2, 0.25) is 0 Å². The zero-order chi connectivity index (χ0) is 71.1. The Morgan fingerprint density at radius 1 is 0.237 bits per heavy atom. The summed E-state index contributed by atoms with van der Waals surface area (Å²) in [6.07, 6.45) is 6.18. The third-order valence-corrected chi connectivity index (χ3v) is 15.5. The Bertz CT molecular complexity index is 2270. The first-order chi connectivity index (χ1) is 43.6. The Hall–Kier alpha value is -6.03. The lowest BCUT2D eigenvalue weighted by atomic mass is 9.98. The summed E-state index contributed by atoms with van der Waals surface area (Å²) in [5.41, 5.74) is 34.9. The van der Waals surface area contributed by atoms with E-state index in [1.54, 1.807) is 0 Å². The fourth-order valence-electron chi connectivity index (χ4n) is 10.6. The van der Waals surface area contributed by atoms with Crippen molar-refractivity contribution in [2.24, 2.45) is 75.8 Å². The molecule has 11 atom stereocenters. The van der Waals surface area contributed by atoms with Gasteiger partial charge in [0, 0.05) is 0 Å². The summed E-state index contributed by atoms with van der Waals surface area (Å²) in [7, 11) is 0. The van der Waals surface area contributed by atoms with Crippen LogP contribution in [-0.4, -0.2) is 158 Å². The molecule has 0 aromatic heterocycles. The lowest BCUT2D eigenvalue weighted by molar-refractivity contribution is -0.136. The van der Waals surface area contributed by atoms with Gasteiger partial charge < -0.3 is 87.6 Å². The lowest BCUT2D eigenvalue weighted by Gasteiger charge is -2.30. The number of carbonyl (C=O) groups excluding carboxylic acids is 11. The number of primary amides is 1. The summed E-state index contributed by atoms with van der Waals surface area (Å²) >= 11 is 0. The molecule has 0 aliphatic heterocycles. The largest absolute Gasteiger partial charge is 0.368 e. The molecular weight excluding hydrogens is 1190 g/mol. The predicted octanol–water partition coefficient (Wildman–Crippen LogP) is 1.49. The molecule has 0 aliphatic carbocycles. The third-order valence-electron chi connectivity index (χ3n) is 15.5. The standard InChI is InChI=1S/C66H128N16O11/c1-38(2)31-49(56(72)83)76-63(90)52(34-41(7)8)82-66(93)55(37-44(13)14)79-60(87)48(26-18-22-30-70)75-62(89)51(33-40(5)6)81-65(92)54(36-43(11)12)78-59(86)47(25-17-21-29-69)74-61(88)50(32-39(3)4)80-64(91)53(35-42(9)10)77-58(85)46(24-16-20-28-68)73-57(84)45(71)23-15-19-27-67/h38-55H,15-37,67-71H2,1-14H3,(H2,72,83)(H,73,84)(H,74,88)(H,75,89)(H,76,90)(H,77,85)(H,78,86)(H,79,87)(H,80,91)(H,81,92)(H,82,93)/t45-,46+,47-,48-,49-,50+,51-,52-,53+,54-,55-/m0/s1. The second-order valence-electron chi connectivity index (χ2n) is 28.2. The number of nitrogens with two attached hydrogens (primary N) is 6. The molecule has 0 aromatic rings. The Labute approximate surface area is 556 Å². The van der Waals surface area contributed by atoms with Crippen LogP contribution in [0.1, 0.15) is 219 Å². The van der Waals surface area contributed by atoms with Crippen molar-refractivity contribution in [2.75, 3.05) is 26.2 Å². The van der Waals surface area contributed by atoms with E-state index >= 15 is 0 Å². The average Bonchev–Trinajstić information content (AvgIpc) is 1.72. The molecule has 0 heterocycles. The molecule has 0 saturated carbocycles. The zero-order valence-corrected chi connectivity index (χ0v) is 59.1. The van der Waals surface area contributed by atoms with E-state index in [0.717, 1.165) is 0 Å². The molecule has 0 aromatic carbocycles. The van der Waals surface area contributed by atoms with Crippen LogP contribution in [0.15, 0.2) is 0 Å². The van der Waals surface area contributed by atoms with Crippen molar-refractivity contribution in [3.63, 3.8) is 0 Å². The van der Waals surface area contributed by atoms with E-state index in [2.05, 4.69) is 53.2 Å². The number of amides is 11. The fourth-order valence-corrected chi connectivity index (χ4v) is 10.6. The summed E-state index contributed by atoms with van der Waals surface area (Å²) < 4.78 is 0. The molecular formula is C66H128N16O11. The first-order valence-corrected chi connectivity index (χ1v) is 34.5. The smallest absolute Gasteiger partial charge is 0.243 e. The lowest BCUT2D eigenvalue weighted by Crippen LogP contribution is -2.61. The Morgan fingerprint density at radius 3 is 0.591 bits per heavy atom. The van der Waals surface area contributed by atoms with Gasteiger partial charge in [0.1, 0.15) is 60.4 Å². The van der Waals surface area contributed by atoms with E-state index in [0.29, 0.717) is 77.4 Å². The molecule has 27 heteroatoms. The molecule has 0 fully saturated rings. The third kappa shape index (κ3) is 38.2. The molecule has 27 nitrogen and oxygen atoms in total. The maximum Gasteiger partial charge on any atom is 0.243 e. The summed E-state index contributed by atoms with van der Waals surface area (Å²) in [4.78, 5) is 154. The van der Waals surface area contributed by atoms with Gasteiger partial charge in [-0.05, 0) is 183 Å². The number of rotatable bonds is 51. The van der Waals surface area contributed by atoms with Gasteiger partial charge in [0.25, 0.3) is 0 Å². The first kappa shape index (κ1) is 87.0. The van der Waals surface area contributed by atoms with Crippen LogP contribution in [0.5, 0.6) is 0 Å². The molecule has 22 N–H and O–H groups in total. The van der Waals surface area contributed by atoms with E-state index in [9.17, 15) is 52.7 Å². The second-order valence-corrected chi connectivity index (χ2v) is 28.2. The Kier molecular flexibility index (Phi) is 44.7. The van der Waals surface area contributed by atoms with Crippen LogP contribution in [0, 0.1) is 41.4 Å². The molecule has 0 saturated heterocycles. The van der Waals surface area contributed by atoms with Crippen molar-refractivity contribution in [1.29, 1.82) is 0 Å². The van der Waals surface area contributed by atoms with E-state index < -0.39 is 131 Å². The monoisotopic (exact) mass is 1320 g/mol. The highest BCUT2D eigenvalue weighted by atomic mass is 16.2. The van der Waals surface area contributed by atoms with E-state index in [1.807, 2.05) is 96.9 Å². The number of nitrogens with one attached hydrogen (secondary N) is 10. The van der Waals surface area contributed by atoms with Crippen LogP contribution in [0.3, 0.4) is 0 Å². The van der Waals surface area contributed by atoms with Crippen LogP contribution in [0.25, 0.3) is 0 Å². The normalized spacial score (nSPS) is 15.2. The van der Waals surface area contributed by atoms with E-state index in [1.165, 1.54) is 0 Å². The second kappa shape index (κ2) is 47.8. The molecule has 0 bridgehead atoms. The van der Waals surface area contributed by atoms with Gasteiger partial charge >= 0.3 is 0 Å². The van der Waals surface area contributed by atoms with Gasteiger partial charge in [-0.25, -0.2) is 0 Å². The van der Waals surface area contributed by atoms with E-state index in [4.69, 9.17) is 34.4 Å². The Morgan fingerprint density at radius 2 is 0.398 bits per heavy atom. The van der Waals surface area contributed by atoms with Crippen LogP contribution >= 0.6 is 0 Å². The van der Waals surface area contributed by atoms with Gasteiger partial charge in [0.15, 0.2) is 0 Å². The molecule has 0 rings (SSSR count). The summed E-state index contributed by atoms with van der Waals surface area (Å²) in [5.74, 6) is -7.99. The maximum absolute atomic E-state index is 14.6. The molecule has 0 radical (unpaired) electrons. The molecule has 0 spiro atoms. The average molecular weight is 1320 g/mol. The molecule has 11 amide bonds. The first-order valence-electron chi connectivity index (χ1n) is 34.5. The van der Waals surface area contributed by atoms with Crippen molar-refractivity contribution in [3.8, 4) is 0 Å². The van der Waals surface area contributed by atoms with Crippen molar-refractivity contribution in [2.45, 2.75) is 285 Å². The van der Waals surface area contributed by atoms with Crippen molar-refractivity contribution in [3.05, 3.63) is 0 Å². The van der Waals surface area contributed by atoms with Crippen molar-refractivity contribution < 1.29 is 52.7 Å². The highest BCUT2D eigenvalue weighted by Crippen LogP contribution is 2.17. The summed E-state index contributed by atoms with van der Waals surface area (Å²) in [5, 5.41) is 28.1. The fraction of sp³-hybridized carbons (Fsp3) is 0.833. The molecule has 0 aliphatic rings. The minimum absolute atomic E-state index is 0.0280. The van der Waals surface area contributed by atoms with Gasteiger partial charge in [0.2, 0.25) is 65.0 Å². The maximum atomic E-state index is 14.6. The molecule has 538 valence electrons. The highest BCUT2D eigenvalue weighted by Gasteiger charge is 2.37. The van der Waals surface area contributed by atoms with Gasteiger partial charge in [-0.2, -0.15) is 0 Å². The quantitative estimate of drug-likeness (QED) is 0.0384. The van der Waals surface area contributed by atoms with Crippen LogP contribution < -0.4 is 87.6 Å². The van der Waals surface area contributed by atoms with Crippen LogP contribution in [0.4, 0.5) is 0 Å². The minimum atomic E-state index is -1.23. The van der Waals surface area contributed by atoms with Crippen LogP contribution in [-0.2, 0) is 52.7 Å². The number of hydrogen-bond donors (Lipinski definition) is 16. The summed E-state index contributed by atoms with van der Waals surface area (Å²) in [6, 6.07) is -12.3. The predicted molar refractivity (Wildman–Crippen MR) is 364 cm³/mol. The molecule has 0 unspecified atom stereocenters. The highest BCUT2D eigenvalue weighted by molar-refractivity contribution is 5.99. The van der Waals surface area contributed by atoms with Gasteiger partial charge in [-0.3, -0.25) is 52.7 Å². The topological polar surface area (TPSA) is 464 Å². The van der Waals surface area contributed by atoms with Gasteiger partial charge in [-0.15, -0.1) is 0 Å². The van der Waals surface area contributed by atoms with Crippen molar-refractivity contribution in [1.82, 2.24) is 53.2 Å². The SMILES string of the molecule is CC(C)C[C@H](NC(=O)[C@H](CC(C)C)NC(=O)[C@H](CC(C)C)NC(=O)[C@H](CCCCN)NC(=O)[C@H](CC(C)C)NC(=O)[C@H](CC(C)C)NC(=O)[C@H](CCCCN)NC(=O)[C@@H](CC(C)C)NC(=O)[C@@H](CC(C)C)NC(=O)[C@@H](CCCCN)NC(=O)[C@@H](N)CCCCN)C(N)=O. The summed E-state index contributed by atoms with van der Waals surface area (Å²) in [6.45, 7) is 27.5. The van der Waals surface area contributed by atoms with Gasteiger partial charge in [-0.1, -0.05) is 103 Å². The Balaban J connectivity index is 7.03. The number of unbranched alkanes of at least 4 members (excludes halogenated alkanes) is 4. The molecule has 93 heavy (non-hydrogen) atoms.